The number of carbonyl (C=O) groups is 1. The highest BCUT2D eigenvalue weighted by Crippen LogP contribution is 1.90. The van der Waals surface area contributed by atoms with Crippen molar-refractivity contribution in [2.24, 2.45) is 0 Å². The number of hydrogen-bond donors (Lipinski definition) is 0. The van der Waals surface area contributed by atoms with Gasteiger partial charge in [0.25, 0.3) is 0 Å². The van der Waals surface area contributed by atoms with Gasteiger partial charge >= 0.3 is 5.97 Å². The van der Waals surface area contributed by atoms with Crippen LogP contribution >= 0.6 is 11.8 Å². The van der Waals surface area contributed by atoms with E-state index in [0.29, 0.717) is 26.4 Å². The number of rotatable bonds is 9. The molecular weight excluding hydrogens is 204 g/mol. The topological polar surface area (TPSA) is 44.8 Å². The highest BCUT2D eigenvalue weighted by molar-refractivity contribution is 7.98. The summed E-state index contributed by atoms with van der Waals surface area (Å²) >= 11 is 1.75. The quantitative estimate of drug-likeness (QED) is 0.429. The van der Waals surface area contributed by atoms with Gasteiger partial charge in [-0.3, -0.25) is 4.79 Å². The van der Waals surface area contributed by atoms with Crippen molar-refractivity contribution in [1.82, 2.24) is 0 Å². The van der Waals surface area contributed by atoms with Crippen molar-refractivity contribution in [2.45, 2.75) is 6.92 Å². The van der Waals surface area contributed by atoms with E-state index in [0.717, 1.165) is 12.4 Å². The van der Waals surface area contributed by atoms with Gasteiger partial charge in [0.1, 0.15) is 6.61 Å². The number of ether oxygens (including phenoxy) is 3. The molecule has 0 unspecified atom stereocenters. The summed E-state index contributed by atoms with van der Waals surface area (Å²) in [7, 11) is 0. The molecule has 0 bridgehead atoms. The molecule has 0 radical (unpaired) electrons. The van der Waals surface area contributed by atoms with Crippen LogP contribution in [-0.2, 0) is 19.0 Å². The van der Waals surface area contributed by atoms with Gasteiger partial charge in [-0.05, 0) is 6.26 Å². The van der Waals surface area contributed by atoms with Gasteiger partial charge in [0.05, 0.1) is 26.4 Å². The van der Waals surface area contributed by atoms with Crippen LogP contribution in [0.1, 0.15) is 6.92 Å². The molecule has 0 aromatic heterocycles. The molecule has 0 atom stereocenters. The Bertz CT molecular complexity index is 141. The third kappa shape index (κ3) is 11.7. The van der Waals surface area contributed by atoms with Crippen molar-refractivity contribution in [2.75, 3.05) is 45.0 Å². The van der Waals surface area contributed by atoms with Crippen molar-refractivity contribution in [3.8, 4) is 0 Å². The summed E-state index contributed by atoms with van der Waals surface area (Å²) in [6.45, 7) is 4.04. The molecule has 0 aromatic rings. The Balaban J connectivity index is 2.88. The molecule has 0 fully saturated rings. The van der Waals surface area contributed by atoms with Gasteiger partial charge in [0.15, 0.2) is 0 Å². The van der Waals surface area contributed by atoms with Crippen LogP contribution in [0.15, 0.2) is 0 Å². The largest absolute Gasteiger partial charge is 0.463 e. The second-order valence-electron chi connectivity index (χ2n) is 2.56. The summed E-state index contributed by atoms with van der Waals surface area (Å²) in [5.74, 6) is 0.734. The van der Waals surface area contributed by atoms with Crippen LogP contribution in [-0.4, -0.2) is 51.0 Å². The number of thioether (sulfide) groups is 1. The van der Waals surface area contributed by atoms with Gasteiger partial charge in [0, 0.05) is 12.7 Å². The van der Waals surface area contributed by atoms with E-state index in [-0.39, 0.29) is 5.97 Å². The van der Waals surface area contributed by atoms with Gasteiger partial charge in [-0.15, -0.1) is 0 Å². The molecule has 0 aromatic carbocycles. The minimum atomic E-state index is -0.273. The molecule has 0 saturated carbocycles. The Hall–Kier alpha value is -0.260. The van der Waals surface area contributed by atoms with Crippen molar-refractivity contribution < 1.29 is 19.0 Å². The average molecular weight is 222 g/mol. The summed E-state index contributed by atoms with van der Waals surface area (Å²) in [5, 5.41) is 0. The van der Waals surface area contributed by atoms with Gasteiger partial charge in [0.2, 0.25) is 0 Å². The number of esters is 1. The zero-order valence-electron chi connectivity index (χ0n) is 8.78. The van der Waals surface area contributed by atoms with Crippen LogP contribution in [0.4, 0.5) is 0 Å². The second kappa shape index (κ2) is 10.8. The van der Waals surface area contributed by atoms with Crippen molar-refractivity contribution >= 4 is 17.7 Å². The van der Waals surface area contributed by atoms with E-state index in [1.54, 1.807) is 11.8 Å². The Morgan fingerprint density at radius 1 is 1.07 bits per heavy atom. The molecule has 0 amide bonds. The third-order valence-corrected chi connectivity index (χ3v) is 1.91. The summed E-state index contributed by atoms with van der Waals surface area (Å²) < 4.78 is 15.1. The maximum Gasteiger partial charge on any atom is 0.302 e. The molecule has 5 heteroatoms. The molecule has 0 spiro atoms. The van der Waals surface area contributed by atoms with Crippen molar-refractivity contribution in [3.05, 3.63) is 0 Å². The van der Waals surface area contributed by atoms with E-state index >= 15 is 0 Å². The van der Waals surface area contributed by atoms with Crippen LogP contribution in [0.2, 0.25) is 0 Å². The molecule has 0 heterocycles. The smallest absolute Gasteiger partial charge is 0.302 e. The minimum absolute atomic E-state index is 0.273. The highest BCUT2D eigenvalue weighted by atomic mass is 32.2. The highest BCUT2D eigenvalue weighted by Gasteiger charge is 1.93. The first-order valence-electron chi connectivity index (χ1n) is 4.55. The predicted molar refractivity (Wildman–Crippen MR) is 56.7 cm³/mol. The maximum absolute atomic E-state index is 10.3. The third-order valence-electron chi connectivity index (χ3n) is 1.34. The van der Waals surface area contributed by atoms with E-state index in [1.807, 2.05) is 6.26 Å². The fraction of sp³-hybridized carbons (Fsp3) is 0.889. The zero-order valence-corrected chi connectivity index (χ0v) is 9.60. The number of hydrogen-bond acceptors (Lipinski definition) is 5. The zero-order chi connectivity index (χ0) is 10.6. The first-order chi connectivity index (χ1) is 6.77. The summed E-state index contributed by atoms with van der Waals surface area (Å²) in [5.41, 5.74) is 0. The molecular formula is C9H18O4S. The number of carbonyl (C=O) groups excluding carboxylic acids is 1. The van der Waals surface area contributed by atoms with Crippen LogP contribution < -0.4 is 0 Å². The lowest BCUT2D eigenvalue weighted by Gasteiger charge is -2.05. The molecule has 0 N–H and O–H groups in total. The van der Waals surface area contributed by atoms with E-state index in [9.17, 15) is 4.79 Å². The van der Waals surface area contributed by atoms with E-state index < -0.39 is 0 Å². The molecule has 14 heavy (non-hydrogen) atoms. The van der Waals surface area contributed by atoms with Crippen LogP contribution in [0.25, 0.3) is 0 Å². The van der Waals surface area contributed by atoms with E-state index in [4.69, 9.17) is 9.47 Å². The standard InChI is InChI=1S/C9H18O4S/c1-9(10)13-6-5-11-3-4-12-7-8-14-2/h3-8H2,1-2H3. The molecule has 0 aliphatic rings. The van der Waals surface area contributed by atoms with Crippen molar-refractivity contribution in [3.63, 3.8) is 0 Å². The molecule has 0 aliphatic carbocycles. The molecule has 4 nitrogen and oxygen atoms in total. The SMILES string of the molecule is CSCCOCCOCCOC(C)=O. The molecule has 0 saturated heterocycles. The Morgan fingerprint density at radius 2 is 1.64 bits per heavy atom. The monoisotopic (exact) mass is 222 g/mol. The minimum Gasteiger partial charge on any atom is -0.463 e. The van der Waals surface area contributed by atoms with Crippen LogP contribution in [0.5, 0.6) is 0 Å². The van der Waals surface area contributed by atoms with Crippen LogP contribution in [0, 0.1) is 0 Å². The maximum atomic E-state index is 10.3. The van der Waals surface area contributed by atoms with Crippen molar-refractivity contribution in [1.29, 1.82) is 0 Å². The Labute approximate surface area is 89.3 Å². The van der Waals surface area contributed by atoms with Gasteiger partial charge in [-0.2, -0.15) is 11.8 Å². The first kappa shape index (κ1) is 13.7. The van der Waals surface area contributed by atoms with E-state index in [1.165, 1.54) is 6.92 Å². The van der Waals surface area contributed by atoms with Gasteiger partial charge < -0.3 is 14.2 Å². The first-order valence-corrected chi connectivity index (χ1v) is 5.94. The lowest BCUT2D eigenvalue weighted by atomic mass is 10.7. The lowest BCUT2D eigenvalue weighted by molar-refractivity contribution is -0.142. The summed E-state index contributed by atoms with van der Waals surface area (Å²) in [4.78, 5) is 10.3. The predicted octanol–water partition coefficient (Wildman–Crippen LogP) is 0.946. The Kier molecular flexibility index (Phi) is 10.6. The van der Waals surface area contributed by atoms with Gasteiger partial charge in [-0.25, -0.2) is 0 Å². The Morgan fingerprint density at radius 3 is 2.21 bits per heavy atom. The average Bonchev–Trinajstić information content (AvgIpc) is 2.15. The van der Waals surface area contributed by atoms with E-state index in [2.05, 4.69) is 4.74 Å². The summed E-state index contributed by atoms with van der Waals surface area (Å²) in [6, 6.07) is 0. The fourth-order valence-electron chi connectivity index (χ4n) is 0.709. The molecule has 84 valence electrons. The fourth-order valence-corrected chi connectivity index (χ4v) is 0.993. The second-order valence-corrected chi connectivity index (χ2v) is 3.54. The summed E-state index contributed by atoms with van der Waals surface area (Å²) in [6.07, 6.45) is 2.04. The van der Waals surface area contributed by atoms with Gasteiger partial charge in [-0.1, -0.05) is 0 Å². The molecule has 0 rings (SSSR count). The van der Waals surface area contributed by atoms with Crippen LogP contribution in [0.3, 0.4) is 0 Å². The lowest BCUT2D eigenvalue weighted by Crippen LogP contribution is -2.11. The molecule has 0 aliphatic heterocycles. The normalized spacial score (nSPS) is 10.1.